The molecule has 1 aromatic carbocycles. The van der Waals surface area contributed by atoms with Crippen LogP contribution < -0.4 is 10.2 Å². The Balaban J connectivity index is 1.29. The molecule has 5 rings (SSSR count). The molecule has 31 heavy (non-hydrogen) atoms. The third-order valence-corrected chi connectivity index (χ3v) is 5.94. The Morgan fingerprint density at radius 1 is 1.10 bits per heavy atom. The summed E-state index contributed by atoms with van der Waals surface area (Å²) in [4.78, 5) is 29.3. The first-order chi connectivity index (χ1) is 15.0. The molecule has 1 atom stereocenters. The molecule has 1 amide bonds. The number of piperazine rings is 1. The van der Waals surface area contributed by atoms with E-state index in [9.17, 15) is 13.6 Å². The minimum absolute atomic E-state index is 0.308. The summed E-state index contributed by atoms with van der Waals surface area (Å²) in [6.45, 7) is 2.17. The van der Waals surface area contributed by atoms with Crippen molar-refractivity contribution in [1.82, 2.24) is 19.9 Å². The summed E-state index contributed by atoms with van der Waals surface area (Å²) in [6.07, 6.45) is 2.99. The van der Waals surface area contributed by atoms with Crippen LogP contribution in [-0.2, 0) is 4.79 Å². The maximum atomic E-state index is 13.2. The maximum Gasteiger partial charge on any atom is 0.260 e. The molecular weight excluding hydrogens is 402 g/mol. The number of benzene rings is 1. The molecule has 3 heterocycles. The highest BCUT2D eigenvalue weighted by Crippen LogP contribution is 2.49. The number of carbonyl (C=O) groups excluding carboxylic acids is 1. The lowest BCUT2D eigenvalue weighted by Gasteiger charge is -2.36. The van der Waals surface area contributed by atoms with Crippen molar-refractivity contribution in [2.45, 2.75) is 12.3 Å². The highest BCUT2D eigenvalue weighted by Gasteiger charge is 2.62. The number of amides is 1. The first-order valence-corrected chi connectivity index (χ1v) is 10.3. The maximum absolute atomic E-state index is 13.2. The first kappa shape index (κ1) is 19.6. The number of aromatic nitrogens is 3. The highest BCUT2D eigenvalue weighted by atomic mass is 19.3. The number of hydrogen-bond acceptors (Lipinski definition) is 6. The van der Waals surface area contributed by atoms with Gasteiger partial charge in [-0.15, -0.1) is 0 Å². The zero-order valence-electron chi connectivity index (χ0n) is 17.1. The molecule has 0 spiro atoms. The van der Waals surface area contributed by atoms with Gasteiger partial charge in [-0.3, -0.25) is 9.78 Å². The molecule has 9 heteroatoms. The molecular formula is C22H22F2N6O. The van der Waals surface area contributed by atoms with Crippen LogP contribution in [0, 0.1) is 5.92 Å². The molecule has 1 aliphatic heterocycles. The van der Waals surface area contributed by atoms with Gasteiger partial charge in [0, 0.05) is 63.3 Å². The van der Waals surface area contributed by atoms with Crippen LogP contribution in [0.25, 0.3) is 22.3 Å². The number of pyridine rings is 1. The average molecular weight is 424 g/mol. The number of halogens is 2. The summed E-state index contributed by atoms with van der Waals surface area (Å²) in [6, 6.07) is 9.95. The van der Waals surface area contributed by atoms with Crippen LogP contribution in [0.5, 0.6) is 0 Å². The van der Waals surface area contributed by atoms with Gasteiger partial charge in [0.1, 0.15) is 11.4 Å². The number of hydrogen-bond donors (Lipinski definition) is 1. The summed E-state index contributed by atoms with van der Waals surface area (Å²) < 4.78 is 26.4. The van der Waals surface area contributed by atoms with Gasteiger partial charge in [-0.1, -0.05) is 12.1 Å². The summed E-state index contributed by atoms with van der Waals surface area (Å²) in [7, 11) is 1.80. The fourth-order valence-corrected chi connectivity index (χ4v) is 4.02. The van der Waals surface area contributed by atoms with Crippen molar-refractivity contribution >= 4 is 28.4 Å². The summed E-state index contributed by atoms with van der Waals surface area (Å²) >= 11 is 0. The quantitative estimate of drug-likeness (QED) is 0.694. The number of anilines is 2. The van der Waals surface area contributed by atoms with Crippen LogP contribution in [0.1, 0.15) is 6.42 Å². The van der Waals surface area contributed by atoms with Gasteiger partial charge in [-0.25, -0.2) is 18.7 Å². The number of carbonyl (C=O) groups is 1. The Hall–Kier alpha value is -3.36. The lowest BCUT2D eigenvalue weighted by atomic mass is 10.1. The minimum Gasteiger partial charge on any atom is -0.371 e. The lowest BCUT2D eigenvalue weighted by molar-refractivity contribution is -0.135. The van der Waals surface area contributed by atoms with E-state index in [1.807, 2.05) is 30.3 Å². The van der Waals surface area contributed by atoms with Crippen molar-refractivity contribution in [3.8, 4) is 11.3 Å². The van der Waals surface area contributed by atoms with Crippen LogP contribution in [0.2, 0.25) is 0 Å². The number of nitrogens with zero attached hydrogens (tertiary/aromatic N) is 5. The molecule has 1 unspecified atom stereocenters. The molecule has 7 nitrogen and oxygen atoms in total. The lowest BCUT2D eigenvalue weighted by Crippen LogP contribution is -2.49. The number of alkyl halides is 2. The third kappa shape index (κ3) is 3.64. The summed E-state index contributed by atoms with van der Waals surface area (Å²) in [5.41, 5.74) is 4.27. The van der Waals surface area contributed by atoms with Crippen LogP contribution in [0.15, 0.2) is 42.7 Å². The monoisotopic (exact) mass is 424 g/mol. The second-order valence-corrected chi connectivity index (χ2v) is 7.91. The van der Waals surface area contributed by atoms with Crippen molar-refractivity contribution < 1.29 is 13.6 Å². The normalized spacial score (nSPS) is 20.0. The molecule has 2 fully saturated rings. The van der Waals surface area contributed by atoms with Crippen molar-refractivity contribution in [3.05, 3.63) is 42.7 Å². The van der Waals surface area contributed by atoms with E-state index in [1.54, 1.807) is 24.3 Å². The molecule has 1 saturated heterocycles. The zero-order valence-corrected chi connectivity index (χ0v) is 17.1. The van der Waals surface area contributed by atoms with Gasteiger partial charge in [0.25, 0.3) is 5.92 Å². The fourth-order valence-electron chi connectivity index (χ4n) is 4.02. The molecule has 2 aromatic heterocycles. The number of fused-ring (bicyclic) bond motifs is 1. The second kappa shape index (κ2) is 7.40. The van der Waals surface area contributed by atoms with Gasteiger partial charge in [0.05, 0.1) is 11.2 Å². The van der Waals surface area contributed by atoms with E-state index >= 15 is 0 Å². The average Bonchev–Trinajstić information content (AvgIpc) is 3.46. The van der Waals surface area contributed by atoms with E-state index in [2.05, 4.69) is 25.2 Å². The largest absolute Gasteiger partial charge is 0.371 e. The van der Waals surface area contributed by atoms with E-state index < -0.39 is 17.7 Å². The molecule has 1 N–H and O–H groups in total. The Kier molecular flexibility index (Phi) is 4.68. The molecule has 1 aliphatic carbocycles. The van der Waals surface area contributed by atoms with Gasteiger partial charge in [-0.2, -0.15) is 0 Å². The Morgan fingerprint density at radius 3 is 2.42 bits per heavy atom. The topological polar surface area (TPSA) is 74.2 Å². The van der Waals surface area contributed by atoms with Gasteiger partial charge >= 0.3 is 0 Å². The van der Waals surface area contributed by atoms with Crippen LogP contribution in [0.3, 0.4) is 0 Å². The standard InChI is InChI=1S/C22H22F2N6O/c1-25-20-19-18(26-6-7-27-19)12-17(28-20)14-2-4-15(5-3-14)29-8-10-30(11-9-29)21(31)16-13-22(16,23)24/h2-7,12,16H,8-11,13H2,1H3,(H,25,28). The van der Waals surface area contributed by atoms with Gasteiger partial charge in [-0.05, 0) is 18.2 Å². The molecule has 0 radical (unpaired) electrons. The Morgan fingerprint density at radius 2 is 1.77 bits per heavy atom. The molecule has 1 saturated carbocycles. The SMILES string of the molecule is CNc1nc(-c2ccc(N3CCN(C(=O)C4CC4(F)F)CC3)cc2)cc2nccnc12. The Labute approximate surface area is 178 Å². The number of rotatable bonds is 4. The van der Waals surface area contributed by atoms with Crippen molar-refractivity contribution in [2.75, 3.05) is 43.4 Å². The van der Waals surface area contributed by atoms with Crippen LogP contribution in [0.4, 0.5) is 20.3 Å². The van der Waals surface area contributed by atoms with Gasteiger partial charge in [0.2, 0.25) is 5.91 Å². The summed E-state index contributed by atoms with van der Waals surface area (Å²) in [5.74, 6) is -3.66. The number of nitrogens with one attached hydrogen (secondary N) is 1. The van der Waals surface area contributed by atoms with Gasteiger partial charge < -0.3 is 15.1 Å². The van der Waals surface area contributed by atoms with E-state index in [0.29, 0.717) is 32.0 Å². The van der Waals surface area contributed by atoms with Crippen molar-refractivity contribution in [1.29, 1.82) is 0 Å². The van der Waals surface area contributed by atoms with E-state index in [-0.39, 0.29) is 6.42 Å². The highest BCUT2D eigenvalue weighted by molar-refractivity contribution is 5.88. The van der Waals surface area contributed by atoms with Crippen LogP contribution >= 0.6 is 0 Å². The second-order valence-electron chi connectivity index (χ2n) is 7.91. The Bertz CT molecular complexity index is 1130. The molecule has 160 valence electrons. The van der Waals surface area contributed by atoms with E-state index in [0.717, 1.165) is 28.0 Å². The van der Waals surface area contributed by atoms with E-state index in [4.69, 9.17) is 0 Å². The van der Waals surface area contributed by atoms with Crippen molar-refractivity contribution in [2.24, 2.45) is 5.92 Å². The summed E-state index contributed by atoms with van der Waals surface area (Å²) in [5, 5.41) is 3.07. The van der Waals surface area contributed by atoms with Crippen molar-refractivity contribution in [3.63, 3.8) is 0 Å². The van der Waals surface area contributed by atoms with E-state index in [1.165, 1.54) is 0 Å². The third-order valence-electron chi connectivity index (χ3n) is 5.94. The molecule has 3 aromatic rings. The van der Waals surface area contributed by atoms with Crippen LogP contribution in [-0.4, -0.2) is 64.9 Å². The molecule has 2 aliphatic rings. The predicted molar refractivity (Wildman–Crippen MR) is 114 cm³/mol. The molecule has 0 bridgehead atoms. The fraction of sp³-hybridized carbons (Fsp3) is 0.364. The minimum atomic E-state index is -2.81. The zero-order chi connectivity index (χ0) is 21.6. The first-order valence-electron chi connectivity index (χ1n) is 10.3. The predicted octanol–water partition coefficient (Wildman–Crippen LogP) is 3.04. The smallest absolute Gasteiger partial charge is 0.260 e. The van der Waals surface area contributed by atoms with Gasteiger partial charge in [0.15, 0.2) is 5.82 Å².